The minimum absolute atomic E-state index is 0.0363. The zero-order valence-electron chi connectivity index (χ0n) is 5.09. The first-order valence-electron chi connectivity index (χ1n) is 2.42. The average Bonchev–Trinajstić information content (AvgIpc) is 2.09. The molecule has 1 rings (SSSR count). The third-order valence-electron chi connectivity index (χ3n) is 1.02. The van der Waals surface area contributed by atoms with E-state index in [1.807, 2.05) is 0 Å². The summed E-state index contributed by atoms with van der Waals surface area (Å²) in [6.45, 7) is 0. The van der Waals surface area contributed by atoms with Gasteiger partial charge < -0.3 is 0 Å². The van der Waals surface area contributed by atoms with Gasteiger partial charge in [-0.3, -0.25) is 8.75 Å². The van der Waals surface area contributed by atoms with E-state index >= 15 is 0 Å². The molecule has 0 amide bonds. The van der Waals surface area contributed by atoms with Gasteiger partial charge >= 0.3 is 0 Å². The van der Waals surface area contributed by atoms with Gasteiger partial charge in [-0.05, 0) is 11.5 Å². The Bertz CT molecular complexity index is 346. The average molecular weight is 175 g/mol. The van der Waals surface area contributed by atoms with Crippen LogP contribution >= 0.6 is 23.1 Å². The molecule has 5 heteroatoms. The molecule has 0 saturated heterocycles. The van der Waals surface area contributed by atoms with Crippen molar-refractivity contribution in [3.8, 4) is 6.07 Å². The Hall–Kier alpha value is -0.790. The van der Waals surface area contributed by atoms with E-state index in [4.69, 9.17) is 16.9 Å². The fourth-order valence-corrected chi connectivity index (χ4v) is 1.48. The van der Waals surface area contributed by atoms with Crippen molar-refractivity contribution in [3.63, 3.8) is 0 Å². The van der Waals surface area contributed by atoms with Crippen LogP contribution < -0.4 is 4.74 Å². The van der Waals surface area contributed by atoms with Gasteiger partial charge in [-0.15, -0.1) is 0 Å². The molecule has 1 heterocycles. The zero-order chi connectivity index (χ0) is 7.72. The molecule has 52 valence electrons. The molecule has 0 saturated carbocycles. The lowest BCUT2D eigenvalue weighted by atomic mass is 10.4. The number of aromatic nitrogens is 1. The largest absolute Gasteiger partial charge is 0.286 e. The third kappa shape index (κ3) is 0.939. The van der Waals surface area contributed by atoms with Crippen molar-refractivity contribution in [2.45, 2.75) is 0 Å². The lowest BCUT2D eigenvalue weighted by Gasteiger charge is -1.86. The quantitative estimate of drug-likeness (QED) is 0.589. The fourth-order valence-electron chi connectivity index (χ4n) is 0.544. The monoisotopic (exact) mass is 174 g/mol. The first-order valence-corrected chi connectivity index (χ1v) is 3.58. The van der Waals surface area contributed by atoms with Crippen LogP contribution in [0.25, 0.3) is 0 Å². The zero-order valence-corrected chi connectivity index (χ0v) is 6.66. The maximum absolute atomic E-state index is 10.8. The number of halogens is 1. The van der Waals surface area contributed by atoms with Crippen molar-refractivity contribution < 1.29 is 0 Å². The second kappa shape index (κ2) is 2.45. The van der Waals surface area contributed by atoms with Gasteiger partial charge in [-0.2, -0.15) is 5.26 Å². The van der Waals surface area contributed by atoms with Crippen molar-refractivity contribution in [3.05, 3.63) is 20.3 Å². The summed E-state index contributed by atoms with van der Waals surface area (Å²) >= 11 is 6.49. The highest BCUT2D eigenvalue weighted by Crippen LogP contribution is 2.12. The number of rotatable bonds is 0. The third-order valence-corrected chi connectivity index (χ3v) is 2.39. The van der Waals surface area contributed by atoms with Gasteiger partial charge in [0.25, 0.3) is 4.74 Å². The minimum atomic E-state index is -0.282. The van der Waals surface area contributed by atoms with Crippen molar-refractivity contribution in [1.29, 1.82) is 5.26 Å². The molecule has 1 aromatic rings. The van der Waals surface area contributed by atoms with Crippen LogP contribution in [0.4, 0.5) is 0 Å². The normalized spacial score (nSPS) is 9.30. The molecule has 3 nitrogen and oxygen atoms in total. The van der Waals surface area contributed by atoms with E-state index in [0.717, 1.165) is 11.5 Å². The molecule has 0 aromatic carbocycles. The molecule has 0 aliphatic carbocycles. The summed E-state index contributed by atoms with van der Waals surface area (Å²) < 4.78 is 1.18. The molecule has 0 atom stereocenters. The molecule has 0 N–H and O–H groups in total. The Labute approximate surface area is 66.2 Å². The molecule has 1 aromatic heterocycles. The van der Waals surface area contributed by atoms with Crippen LogP contribution in [0.15, 0.2) is 4.79 Å². The van der Waals surface area contributed by atoms with E-state index in [1.165, 1.54) is 3.96 Å². The molecule has 0 unspecified atom stereocenters. The summed E-state index contributed by atoms with van der Waals surface area (Å²) in [5.74, 6) is 0. The molecule has 0 spiro atoms. The van der Waals surface area contributed by atoms with Crippen molar-refractivity contribution in [2.75, 3.05) is 0 Å². The Morgan fingerprint density at radius 2 is 2.40 bits per heavy atom. The van der Waals surface area contributed by atoms with Crippen LogP contribution in [0.3, 0.4) is 0 Å². The van der Waals surface area contributed by atoms with Crippen LogP contribution in [0.1, 0.15) is 5.56 Å². The van der Waals surface area contributed by atoms with Crippen molar-refractivity contribution in [2.24, 2.45) is 7.05 Å². The predicted molar refractivity (Wildman–Crippen MR) is 39.3 cm³/mol. The molecule has 0 aliphatic rings. The summed E-state index contributed by atoms with van der Waals surface area (Å²) in [5.41, 5.74) is 0.0363. The number of aryl methyl sites for hydroxylation is 1. The van der Waals surface area contributed by atoms with Gasteiger partial charge in [-0.1, -0.05) is 11.6 Å². The Balaban J connectivity index is 3.53. The molecule has 10 heavy (non-hydrogen) atoms. The minimum Gasteiger partial charge on any atom is -0.286 e. The van der Waals surface area contributed by atoms with Gasteiger partial charge in [-0.25, -0.2) is 0 Å². The molecule has 0 radical (unpaired) electrons. The summed E-state index contributed by atoms with van der Waals surface area (Å²) in [4.78, 5) is 10.8. The first kappa shape index (κ1) is 7.32. The van der Waals surface area contributed by atoms with E-state index in [-0.39, 0.29) is 15.5 Å². The number of hydrogen-bond donors (Lipinski definition) is 0. The van der Waals surface area contributed by atoms with Gasteiger partial charge in [0.2, 0.25) is 0 Å². The lowest BCUT2D eigenvalue weighted by Crippen LogP contribution is -1.92. The summed E-state index contributed by atoms with van der Waals surface area (Å²) in [7, 11) is 1.63. The molecule has 0 bridgehead atoms. The van der Waals surface area contributed by atoms with Gasteiger partial charge in [0.15, 0.2) is 0 Å². The number of nitriles is 1. The molecular formula is C5H3ClN2OS. The van der Waals surface area contributed by atoms with Crippen LogP contribution in [0.2, 0.25) is 5.15 Å². The molecule has 0 aliphatic heterocycles. The summed E-state index contributed by atoms with van der Waals surface area (Å²) in [6.07, 6.45) is 0. The predicted octanol–water partition coefficient (Wildman–Crippen LogP) is 0.972. The van der Waals surface area contributed by atoms with E-state index in [2.05, 4.69) is 0 Å². The van der Waals surface area contributed by atoms with Crippen molar-refractivity contribution >= 4 is 23.1 Å². The maximum atomic E-state index is 10.8. The Morgan fingerprint density at radius 3 is 2.60 bits per heavy atom. The van der Waals surface area contributed by atoms with E-state index in [0.29, 0.717) is 0 Å². The van der Waals surface area contributed by atoms with E-state index < -0.39 is 0 Å². The van der Waals surface area contributed by atoms with Crippen molar-refractivity contribution in [1.82, 2.24) is 3.96 Å². The van der Waals surface area contributed by atoms with E-state index in [9.17, 15) is 4.79 Å². The lowest BCUT2D eigenvalue weighted by molar-refractivity contribution is 1.03. The topological polar surface area (TPSA) is 45.8 Å². The number of hydrogen-bond acceptors (Lipinski definition) is 3. The van der Waals surface area contributed by atoms with Crippen LogP contribution in [-0.2, 0) is 7.05 Å². The van der Waals surface area contributed by atoms with Crippen LogP contribution in [-0.4, -0.2) is 3.96 Å². The highest BCUT2D eigenvalue weighted by molar-refractivity contribution is 7.04. The first-order chi connectivity index (χ1) is 4.66. The highest BCUT2D eigenvalue weighted by atomic mass is 35.5. The second-order valence-corrected chi connectivity index (χ2v) is 3.11. The Kier molecular flexibility index (Phi) is 1.79. The van der Waals surface area contributed by atoms with Crippen LogP contribution in [0.5, 0.6) is 0 Å². The second-order valence-electron chi connectivity index (χ2n) is 1.65. The molecular weight excluding hydrogens is 172 g/mol. The smallest absolute Gasteiger partial charge is 0.269 e. The highest BCUT2D eigenvalue weighted by Gasteiger charge is 2.09. The maximum Gasteiger partial charge on any atom is 0.269 e. The van der Waals surface area contributed by atoms with Gasteiger partial charge in [0, 0.05) is 7.05 Å². The standard InChI is InChI=1S/C5H3ClN2OS/c1-8-4(6)3(2-7)5(9)10-8/h1H3. The van der Waals surface area contributed by atoms with Gasteiger partial charge in [0.05, 0.1) is 0 Å². The fraction of sp³-hybridized carbons (Fsp3) is 0.200. The van der Waals surface area contributed by atoms with E-state index in [1.54, 1.807) is 13.1 Å². The van der Waals surface area contributed by atoms with Gasteiger partial charge in [0.1, 0.15) is 16.8 Å². The summed E-state index contributed by atoms with van der Waals surface area (Å²) in [5, 5.41) is 8.59. The number of nitrogens with zero attached hydrogens (tertiary/aromatic N) is 2. The SMILES string of the molecule is Cn1sc(=O)c(C#N)c1Cl. The summed E-state index contributed by atoms with van der Waals surface area (Å²) in [6, 6.07) is 1.73. The van der Waals surface area contributed by atoms with Crippen LogP contribution in [0, 0.1) is 11.3 Å². The Morgan fingerprint density at radius 1 is 1.80 bits per heavy atom. The molecule has 0 fully saturated rings.